The first-order valence-corrected chi connectivity index (χ1v) is 5.89. The van der Waals surface area contributed by atoms with Crippen molar-refractivity contribution in [2.24, 2.45) is 5.73 Å². The molecule has 0 unspecified atom stereocenters. The van der Waals surface area contributed by atoms with E-state index in [1.807, 2.05) is 13.8 Å². The van der Waals surface area contributed by atoms with Gasteiger partial charge in [-0.25, -0.2) is 4.79 Å². The number of carboxylic acid groups (broad SMARTS) is 1. The molecule has 0 saturated heterocycles. The summed E-state index contributed by atoms with van der Waals surface area (Å²) in [6.07, 6.45) is 0.607. The predicted molar refractivity (Wildman–Crippen MR) is 65.9 cm³/mol. The molecule has 104 valence electrons. The molecule has 0 aliphatic rings. The highest BCUT2D eigenvalue weighted by Crippen LogP contribution is 2.01. The summed E-state index contributed by atoms with van der Waals surface area (Å²) in [5.74, 6) is -1.35. The molecule has 0 saturated carbocycles. The van der Waals surface area contributed by atoms with Crippen molar-refractivity contribution in [3.05, 3.63) is 0 Å². The van der Waals surface area contributed by atoms with E-state index >= 15 is 0 Å². The van der Waals surface area contributed by atoms with Gasteiger partial charge in [-0.1, -0.05) is 0 Å². The predicted octanol–water partition coefficient (Wildman–Crippen LogP) is 0.147. The zero-order valence-electron chi connectivity index (χ0n) is 10.8. The van der Waals surface area contributed by atoms with Crippen molar-refractivity contribution in [1.29, 1.82) is 0 Å². The van der Waals surface area contributed by atoms with Crippen LogP contribution in [0.25, 0.3) is 0 Å². The van der Waals surface area contributed by atoms with Crippen molar-refractivity contribution in [2.75, 3.05) is 13.1 Å². The normalized spacial score (nSPS) is 10.2. The summed E-state index contributed by atoms with van der Waals surface area (Å²) in [7, 11) is 0. The number of urea groups is 1. The monoisotopic (exact) mass is 259 g/mol. The van der Waals surface area contributed by atoms with Gasteiger partial charge in [0.1, 0.15) is 0 Å². The van der Waals surface area contributed by atoms with Crippen LogP contribution in [0.1, 0.15) is 33.1 Å². The molecule has 0 aromatic heterocycles. The fourth-order valence-corrected chi connectivity index (χ4v) is 1.37. The topological polar surface area (TPSA) is 113 Å². The molecule has 0 atom stereocenters. The molecule has 7 heteroatoms. The molecule has 0 aliphatic heterocycles. The third-order valence-corrected chi connectivity index (χ3v) is 2.33. The molecule has 18 heavy (non-hydrogen) atoms. The number of nitrogens with one attached hydrogen (secondary N) is 1. The first-order valence-electron chi connectivity index (χ1n) is 5.89. The fraction of sp³-hybridized carbons (Fsp3) is 0.727. The second-order valence-corrected chi connectivity index (χ2v) is 4.23. The maximum atomic E-state index is 11.7. The number of amides is 3. The van der Waals surface area contributed by atoms with Crippen LogP contribution in [-0.2, 0) is 9.59 Å². The van der Waals surface area contributed by atoms with Crippen molar-refractivity contribution < 1.29 is 19.5 Å². The summed E-state index contributed by atoms with van der Waals surface area (Å²) in [4.78, 5) is 34.2. The van der Waals surface area contributed by atoms with Gasteiger partial charge in [0, 0.05) is 25.6 Å². The Bertz CT molecular complexity index is 305. The van der Waals surface area contributed by atoms with E-state index in [-0.39, 0.29) is 31.5 Å². The van der Waals surface area contributed by atoms with Crippen LogP contribution in [0.5, 0.6) is 0 Å². The number of carbonyl (C=O) groups excluding carboxylic acids is 2. The van der Waals surface area contributed by atoms with Crippen LogP contribution in [-0.4, -0.2) is 47.0 Å². The highest BCUT2D eigenvalue weighted by atomic mass is 16.4. The van der Waals surface area contributed by atoms with Gasteiger partial charge in [-0.15, -0.1) is 0 Å². The third kappa shape index (κ3) is 7.48. The lowest BCUT2D eigenvalue weighted by atomic mass is 10.3. The van der Waals surface area contributed by atoms with Gasteiger partial charge in [0.2, 0.25) is 5.91 Å². The fourth-order valence-electron chi connectivity index (χ4n) is 1.37. The van der Waals surface area contributed by atoms with Gasteiger partial charge >= 0.3 is 12.0 Å². The standard InChI is InChI=1S/C11H21N3O4/c1-8(2)14(7-5-10(16)17)11(18)13-6-3-4-9(12)15/h8H,3-7H2,1-2H3,(H2,12,15)(H,13,18)(H,16,17). The van der Waals surface area contributed by atoms with Crippen LogP contribution in [0, 0.1) is 0 Å². The van der Waals surface area contributed by atoms with E-state index in [2.05, 4.69) is 5.32 Å². The number of carboxylic acids is 1. The molecule has 0 aromatic rings. The second kappa shape index (κ2) is 8.32. The molecular weight excluding hydrogens is 238 g/mol. The van der Waals surface area contributed by atoms with Gasteiger partial charge < -0.3 is 21.1 Å². The number of nitrogens with zero attached hydrogens (tertiary/aromatic N) is 1. The lowest BCUT2D eigenvalue weighted by molar-refractivity contribution is -0.137. The zero-order chi connectivity index (χ0) is 14.1. The number of nitrogens with two attached hydrogens (primary N) is 1. The SMILES string of the molecule is CC(C)N(CCC(=O)O)C(=O)NCCCC(N)=O. The molecule has 3 amide bonds. The molecule has 0 rings (SSSR count). The Balaban J connectivity index is 4.06. The van der Waals surface area contributed by atoms with E-state index in [1.165, 1.54) is 4.90 Å². The molecule has 0 bridgehead atoms. The Hall–Kier alpha value is -1.79. The molecule has 0 radical (unpaired) electrons. The van der Waals surface area contributed by atoms with E-state index in [9.17, 15) is 14.4 Å². The maximum absolute atomic E-state index is 11.7. The van der Waals surface area contributed by atoms with Crippen LogP contribution in [0.2, 0.25) is 0 Å². The Morgan fingerprint density at radius 2 is 1.89 bits per heavy atom. The molecule has 0 heterocycles. The lowest BCUT2D eigenvalue weighted by Crippen LogP contribution is -2.45. The summed E-state index contributed by atoms with van der Waals surface area (Å²) in [6, 6.07) is -0.406. The molecule has 7 nitrogen and oxygen atoms in total. The number of primary amides is 1. The Kier molecular flexibility index (Phi) is 7.50. The van der Waals surface area contributed by atoms with E-state index in [4.69, 9.17) is 10.8 Å². The van der Waals surface area contributed by atoms with Crippen molar-refractivity contribution in [2.45, 2.75) is 39.2 Å². The van der Waals surface area contributed by atoms with Crippen LogP contribution in [0.4, 0.5) is 4.79 Å². The number of carbonyl (C=O) groups is 3. The quantitative estimate of drug-likeness (QED) is 0.538. The summed E-state index contributed by atoms with van der Waals surface area (Å²) >= 11 is 0. The first kappa shape index (κ1) is 16.2. The number of hydrogen-bond acceptors (Lipinski definition) is 3. The van der Waals surface area contributed by atoms with E-state index in [0.29, 0.717) is 13.0 Å². The molecule has 0 spiro atoms. The van der Waals surface area contributed by atoms with E-state index in [1.54, 1.807) is 0 Å². The minimum Gasteiger partial charge on any atom is -0.481 e. The van der Waals surface area contributed by atoms with Crippen LogP contribution >= 0.6 is 0 Å². The number of aliphatic carboxylic acids is 1. The molecular formula is C11H21N3O4. The zero-order valence-corrected chi connectivity index (χ0v) is 10.8. The van der Waals surface area contributed by atoms with Crippen LogP contribution in [0.15, 0.2) is 0 Å². The first-order chi connectivity index (χ1) is 8.34. The molecule has 4 N–H and O–H groups in total. The third-order valence-electron chi connectivity index (χ3n) is 2.33. The van der Waals surface area contributed by atoms with Gasteiger partial charge in [-0.2, -0.15) is 0 Å². The molecule has 0 aliphatic carbocycles. The van der Waals surface area contributed by atoms with Gasteiger partial charge in [0.25, 0.3) is 0 Å². The van der Waals surface area contributed by atoms with Crippen molar-refractivity contribution in [3.8, 4) is 0 Å². The molecule has 0 aromatic carbocycles. The summed E-state index contributed by atoms with van der Waals surface area (Å²) in [5.41, 5.74) is 4.97. The summed E-state index contributed by atoms with van der Waals surface area (Å²) < 4.78 is 0. The minimum atomic E-state index is -0.942. The smallest absolute Gasteiger partial charge is 0.317 e. The summed E-state index contributed by atoms with van der Waals surface area (Å²) in [6.45, 7) is 4.13. The highest BCUT2D eigenvalue weighted by Gasteiger charge is 2.17. The minimum absolute atomic E-state index is 0.0829. The van der Waals surface area contributed by atoms with Crippen molar-refractivity contribution in [1.82, 2.24) is 10.2 Å². The molecule has 0 fully saturated rings. The van der Waals surface area contributed by atoms with Crippen molar-refractivity contribution >= 4 is 17.9 Å². The van der Waals surface area contributed by atoms with E-state index < -0.39 is 11.9 Å². The largest absolute Gasteiger partial charge is 0.481 e. The lowest BCUT2D eigenvalue weighted by Gasteiger charge is -2.26. The van der Waals surface area contributed by atoms with Crippen LogP contribution in [0.3, 0.4) is 0 Å². The summed E-state index contributed by atoms with van der Waals surface area (Å²) in [5, 5.41) is 11.2. The number of rotatable bonds is 8. The maximum Gasteiger partial charge on any atom is 0.317 e. The van der Waals surface area contributed by atoms with Crippen LogP contribution < -0.4 is 11.1 Å². The van der Waals surface area contributed by atoms with Gasteiger partial charge in [0.15, 0.2) is 0 Å². The highest BCUT2D eigenvalue weighted by molar-refractivity contribution is 5.76. The average molecular weight is 259 g/mol. The number of hydrogen-bond donors (Lipinski definition) is 3. The van der Waals surface area contributed by atoms with Gasteiger partial charge in [-0.3, -0.25) is 9.59 Å². The van der Waals surface area contributed by atoms with Gasteiger partial charge in [0.05, 0.1) is 6.42 Å². The van der Waals surface area contributed by atoms with Gasteiger partial charge in [-0.05, 0) is 20.3 Å². The Morgan fingerprint density at radius 1 is 1.28 bits per heavy atom. The van der Waals surface area contributed by atoms with Crippen molar-refractivity contribution in [3.63, 3.8) is 0 Å². The second-order valence-electron chi connectivity index (χ2n) is 4.23. The van der Waals surface area contributed by atoms with E-state index in [0.717, 1.165) is 0 Å². The Morgan fingerprint density at radius 3 is 2.33 bits per heavy atom. The Labute approximate surface area is 106 Å². The average Bonchev–Trinajstić information content (AvgIpc) is 2.23.